The Morgan fingerprint density at radius 3 is 0.700 bits per heavy atom. The maximum Gasteiger partial charge on any atom is -0.0414 e. The molecule has 0 radical (unpaired) electrons. The van der Waals surface area contributed by atoms with Crippen molar-refractivity contribution in [3.63, 3.8) is 0 Å². The maximum atomic E-state index is 2.30. The van der Waals surface area contributed by atoms with Crippen molar-refractivity contribution >= 4 is 0 Å². The van der Waals surface area contributed by atoms with Crippen molar-refractivity contribution in [2.24, 2.45) is 23.7 Å². The molecule has 0 aromatic rings. The minimum Gasteiger partial charge on any atom is -0.0622 e. The third-order valence-corrected chi connectivity index (χ3v) is 3.02. The first-order valence-electron chi connectivity index (χ1n) is 4.61. The fourth-order valence-electron chi connectivity index (χ4n) is 1.02. The lowest BCUT2D eigenvalue weighted by Gasteiger charge is -1.66. The van der Waals surface area contributed by atoms with E-state index in [1.54, 1.807) is 0 Å². The number of rotatable bonds is 0. The van der Waals surface area contributed by atoms with E-state index < -0.39 is 0 Å². The highest BCUT2D eigenvalue weighted by molar-refractivity contribution is 4.77. The summed E-state index contributed by atoms with van der Waals surface area (Å²) in [6.45, 7) is 9.19. The van der Waals surface area contributed by atoms with Crippen LogP contribution in [0.15, 0.2) is 0 Å². The molecule has 60 valence electrons. The molecule has 2 aliphatic rings. The van der Waals surface area contributed by atoms with Crippen LogP contribution in [0.4, 0.5) is 0 Å². The van der Waals surface area contributed by atoms with Gasteiger partial charge in [0.25, 0.3) is 0 Å². The molecular weight excluding hydrogens is 120 g/mol. The van der Waals surface area contributed by atoms with E-state index in [1.807, 2.05) is 0 Å². The summed E-state index contributed by atoms with van der Waals surface area (Å²) >= 11 is 0. The summed E-state index contributed by atoms with van der Waals surface area (Å²) in [5.41, 5.74) is 0. The van der Waals surface area contributed by atoms with Gasteiger partial charge in [0.05, 0.1) is 0 Å². The van der Waals surface area contributed by atoms with Crippen LogP contribution in [-0.2, 0) is 0 Å². The van der Waals surface area contributed by atoms with Crippen LogP contribution in [0.1, 0.15) is 40.5 Å². The van der Waals surface area contributed by atoms with Crippen LogP contribution in [0, 0.1) is 23.7 Å². The molecule has 10 heavy (non-hydrogen) atoms. The predicted molar refractivity (Wildman–Crippen MR) is 45.9 cm³/mol. The summed E-state index contributed by atoms with van der Waals surface area (Å²) in [6.07, 6.45) is 2.94. The minimum absolute atomic E-state index is 1.05. The molecule has 0 bridgehead atoms. The van der Waals surface area contributed by atoms with Gasteiger partial charge in [-0.2, -0.15) is 0 Å². The van der Waals surface area contributed by atoms with Crippen molar-refractivity contribution in [3.8, 4) is 0 Å². The second-order valence-electron chi connectivity index (χ2n) is 4.38. The first-order valence-corrected chi connectivity index (χ1v) is 4.61. The highest BCUT2D eigenvalue weighted by atomic mass is 14.3. The van der Waals surface area contributed by atoms with E-state index in [9.17, 15) is 0 Å². The monoisotopic (exact) mass is 140 g/mol. The molecule has 0 saturated heterocycles. The lowest BCUT2D eigenvalue weighted by molar-refractivity contribution is 0.834. The van der Waals surface area contributed by atoms with Crippen LogP contribution in [0.25, 0.3) is 0 Å². The Bertz CT molecular complexity index is 80.6. The highest BCUT2D eigenvalue weighted by Gasteiger charge is 2.26. The Hall–Kier alpha value is 0. The van der Waals surface area contributed by atoms with Crippen LogP contribution in [0.2, 0.25) is 0 Å². The molecule has 0 aromatic heterocycles. The van der Waals surface area contributed by atoms with Crippen LogP contribution in [0.5, 0.6) is 0 Å². The van der Waals surface area contributed by atoms with Gasteiger partial charge in [-0.15, -0.1) is 0 Å². The summed E-state index contributed by atoms with van der Waals surface area (Å²) in [7, 11) is 0. The zero-order valence-electron chi connectivity index (χ0n) is 7.72. The molecule has 0 aliphatic heterocycles. The Labute approximate surface area is 65.0 Å². The smallest absolute Gasteiger partial charge is 0.0414 e. The molecule has 2 fully saturated rings. The fourth-order valence-corrected chi connectivity index (χ4v) is 1.02. The van der Waals surface area contributed by atoms with E-state index in [0.29, 0.717) is 0 Å². The normalized spacial score (nSPS) is 49.2. The van der Waals surface area contributed by atoms with Gasteiger partial charge < -0.3 is 0 Å². The molecule has 2 saturated carbocycles. The van der Waals surface area contributed by atoms with E-state index in [4.69, 9.17) is 0 Å². The van der Waals surface area contributed by atoms with Crippen molar-refractivity contribution < 1.29 is 0 Å². The second kappa shape index (κ2) is 2.94. The predicted octanol–water partition coefficient (Wildman–Crippen LogP) is 3.32. The van der Waals surface area contributed by atoms with Gasteiger partial charge in [-0.3, -0.25) is 0 Å². The van der Waals surface area contributed by atoms with Crippen molar-refractivity contribution in [1.29, 1.82) is 0 Å². The van der Waals surface area contributed by atoms with Crippen molar-refractivity contribution in [3.05, 3.63) is 0 Å². The average molecular weight is 140 g/mol. The molecule has 0 unspecified atom stereocenters. The van der Waals surface area contributed by atoms with Crippen LogP contribution in [-0.4, -0.2) is 0 Å². The fraction of sp³-hybridized carbons (Fsp3) is 1.00. The van der Waals surface area contributed by atoms with Gasteiger partial charge in [-0.05, 0) is 36.5 Å². The Balaban J connectivity index is 0.0000001000. The first kappa shape index (κ1) is 8.10. The van der Waals surface area contributed by atoms with Crippen molar-refractivity contribution in [2.45, 2.75) is 40.5 Å². The molecular formula is C10H20. The lowest BCUT2D eigenvalue weighted by Crippen LogP contribution is -1.58. The Morgan fingerprint density at radius 1 is 0.600 bits per heavy atom. The molecule has 0 spiro atoms. The van der Waals surface area contributed by atoms with E-state index in [0.717, 1.165) is 23.7 Å². The number of hydrogen-bond donors (Lipinski definition) is 0. The largest absolute Gasteiger partial charge is 0.0622 e. The summed E-state index contributed by atoms with van der Waals surface area (Å²) in [4.78, 5) is 0. The SMILES string of the molecule is C[C@@H]1C[C@@H]1C.C[C@H]1C[C@@H]1C. The summed E-state index contributed by atoms with van der Waals surface area (Å²) in [6, 6.07) is 0. The molecule has 0 amide bonds. The van der Waals surface area contributed by atoms with Gasteiger partial charge in [0.15, 0.2) is 0 Å². The second-order valence-corrected chi connectivity index (χ2v) is 4.38. The average Bonchev–Trinajstić information content (AvgIpc) is 2.62. The van der Waals surface area contributed by atoms with Crippen LogP contribution < -0.4 is 0 Å². The Morgan fingerprint density at radius 2 is 0.700 bits per heavy atom. The van der Waals surface area contributed by atoms with Crippen molar-refractivity contribution in [1.82, 2.24) is 0 Å². The molecule has 0 N–H and O–H groups in total. The van der Waals surface area contributed by atoms with Gasteiger partial charge in [-0.25, -0.2) is 0 Å². The maximum absolute atomic E-state index is 2.30. The number of hydrogen-bond acceptors (Lipinski definition) is 0. The van der Waals surface area contributed by atoms with Gasteiger partial charge >= 0.3 is 0 Å². The summed E-state index contributed by atoms with van der Waals surface area (Å²) in [5, 5.41) is 0. The summed E-state index contributed by atoms with van der Waals surface area (Å²) < 4.78 is 0. The third kappa shape index (κ3) is 2.72. The minimum atomic E-state index is 1.05. The van der Waals surface area contributed by atoms with E-state index >= 15 is 0 Å². The first-order chi connectivity index (χ1) is 4.61. The lowest BCUT2D eigenvalue weighted by atomic mass is 10.4. The molecule has 0 heteroatoms. The van der Waals surface area contributed by atoms with Crippen LogP contribution in [0.3, 0.4) is 0 Å². The molecule has 2 aliphatic carbocycles. The van der Waals surface area contributed by atoms with Gasteiger partial charge in [-0.1, -0.05) is 27.7 Å². The van der Waals surface area contributed by atoms with E-state index in [-0.39, 0.29) is 0 Å². The third-order valence-electron chi connectivity index (χ3n) is 3.02. The van der Waals surface area contributed by atoms with Crippen molar-refractivity contribution in [2.75, 3.05) is 0 Å². The molecule has 0 heterocycles. The van der Waals surface area contributed by atoms with Gasteiger partial charge in [0.1, 0.15) is 0 Å². The van der Waals surface area contributed by atoms with Gasteiger partial charge in [0, 0.05) is 0 Å². The summed E-state index contributed by atoms with van der Waals surface area (Å²) in [5.74, 6) is 4.20. The van der Waals surface area contributed by atoms with E-state index in [1.165, 1.54) is 12.8 Å². The zero-order chi connectivity index (χ0) is 7.72. The highest BCUT2D eigenvalue weighted by Crippen LogP contribution is 2.36. The molecule has 4 atom stereocenters. The topological polar surface area (TPSA) is 0 Å². The van der Waals surface area contributed by atoms with Gasteiger partial charge in [0.2, 0.25) is 0 Å². The molecule has 0 aromatic carbocycles. The Kier molecular flexibility index (Phi) is 2.38. The van der Waals surface area contributed by atoms with Crippen LogP contribution >= 0.6 is 0 Å². The quantitative estimate of drug-likeness (QED) is 0.484. The molecule has 2 rings (SSSR count). The van der Waals surface area contributed by atoms with E-state index in [2.05, 4.69) is 27.7 Å². The molecule has 0 nitrogen and oxygen atoms in total. The zero-order valence-corrected chi connectivity index (χ0v) is 7.72. The standard InChI is InChI=1S/2C5H10/c2*1-4-3-5(4)2/h2*4-5H,3H2,1-2H3/t4-,5+;4-,5-/m.0/s1.